The number of nitrogens with zero attached hydrogens (tertiary/aromatic N) is 1. The van der Waals surface area contributed by atoms with Crippen LogP contribution >= 0.6 is 11.8 Å². The summed E-state index contributed by atoms with van der Waals surface area (Å²) in [7, 11) is 2.88. The van der Waals surface area contributed by atoms with Crippen molar-refractivity contribution >= 4 is 28.6 Å². The number of aromatic nitrogens is 2. The van der Waals surface area contributed by atoms with Gasteiger partial charge in [-0.25, -0.2) is 4.98 Å². The fourth-order valence-corrected chi connectivity index (χ4v) is 3.11. The van der Waals surface area contributed by atoms with Crippen LogP contribution in [0.5, 0.6) is 17.2 Å². The molecule has 0 radical (unpaired) electrons. The van der Waals surface area contributed by atoms with Gasteiger partial charge in [0.25, 0.3) is 0 Å². The molecule has 0 spiro atoms. The number of aromatic hydroxyl groups is 1. The van der Waals surface area contributed by atoms with Crippen molar-refractivity contribution < 1.29 is 19.4 Å². The van der Waals surface area contributed by atoms with Crippen LogP contribution in [0, 0.1) is 0 Å². The lowest BCUT2D eigenvalue weighted by Gasteiger charge is -2.11. The van der Waals surface area contributed by atoms with Crippen molar-refractivity contribution in [2.45, 2.75) is 5.16 Å². The van der Waals surface area contributed by atoms with Gasteiger partial charge >= 0.3 is 0 Å². The van der Waals surface area contributed by atoms with E-state index >= 15 is 0 Å². The lowest BCUT2D eigenvalue weighted by molar-refractivity contribution is 0.101. The molecule has 2 aromatic carbocycles. The molecule has 2 N–H and O–H groups in total. The van der Waals surface area contributed by atoms with Crippen LogP contribution in [-0.4, -0.2) is 40.8 Å². The number of benzene rings is 2. The monoisotopic (exact) mass is 344 g/mol. The minimum absolute atomic E-state index is 0.142. The van der Waals surface area contributed by atoms with E-state index in [2.05, 4.69) is 9.97 Å². The molecule has 7 heteroatoms. The number of carbonyl (C=O) groups is 1. The topological polar surface area (TPSA) is 84.4 Å². The molecule has 0 aliphatic rings. The number of hydrogen-bond donors (Lipinski definition) is 2. The van der Waals surface area contributed by atoms with Gasteiger partial charge in [-0.05, 0) is 24.3 Å². The fraction of sp³-hybridized carbons (Fsp3) is 0.176. The number of hydrogen-bond acceptors (Lipinski definition) is 6. The van der Waals surface area contributed by atoms with E-state index in [-0.39, 0.29) is 28.6 Å². The van der Waals surface area contributed by atoms with Gasteiger partial charge in [0.05, 0.1) is 36.6 Å². The Morgan fingerprint density at radius 2 is 2.00 bits per heavy atom. The summed E-state index contributed by atoms with van der Waals surface area (Å²) in [4.78, 5) is 20.0. The molecule has 0 bridgehead atoms. The summed E-state index contributed by atoms with van der Waals surface area (Å²) in [6.45, 7) is 0. The second-order valence-electron chi connectivity index (χ2n) is 4.97. The second kappa shape index (κ2) is 6.84. The Bertz CT molecular complexity index is 858. The highest BCUT2D eigenvalue weighted by Gasteiger charge is 2.19. The molecule has 6 nitrogen and oxygen atoms in total. The van der Waals surface area contributed by atoms with Gasteiger partial charge in [0.2, 0.25) is 5.75 Å². The van der Waals surface area contributed by atoms with Crippen molar-refractivity contribution in [1.82, 2.24) is 9.97 Å². The first-order chi connectivity index (χ1) is 11.6. The van der Waals surface area contributed by atoms with E-state index in [0.29, 0.717) is 10.9 Å². The number of phenolic OH excluding ortho intramolecular Hbond substituents is 1. The molecule has 0 aliphatic carbocycles. The predicted molar refractivity (Wildman–Crippen MR) is 92.4 cm³/mol. The Morgan fingerprint density at radius 1 is 1.21 bits per heavy atom. The van der Waals surface area contributed by atoms with E-state index in [1.807, 2.05) is 24.3 Å². The van der Waals surface area contributed by atoms with Gasteiger partial charge < -0.3 is 19.6 Å². The van der Waals surface area contributed by atoms with Gasteiger partial charge in [0, 0.05) is 0 Å². The summed E-state index contributed by atoms with van der Waals surface area (Å²) in [6.07, 6.45) is 0. The number of fused-ring (bicyclic) bond motifs is 1. The van der Waals surface area contributed by atoms with Crippen LogP contribution in [0.2, 0.25) is 0 Å². The van der Waals surface area contributed by atoms with Crippen LogP contribution in [-0.2, 0) is 0 Å². The maximum atomic E-state index is 12.4. The third kappa shape index (κ3) is 3.03. The standard InChI is InChI=1S/C17H16N2O4S/c1-22-14-8-7-10(15(21)16(14)23-2)13(20)9-24-17-18-11-5-3-4-6-12(11)19-17/h3-8,21H,9H2,1-2H3,(H,18,19). The highest BCUT2D eigenvalue weighted by molar-refractivity contribution is 7.99. The van der Waals surface area contributed by atoms with Crippen LogP contribution in [0.25, 0.3) is 11.0 Å². The Morgan fingerprint density at radius 3 is 2.71 bits per heavy atom. The number of phenols is 1. The first-order valence-electron chi connectivity index (χ1n) is 7.18. The average Bonchev–Trinajstić information content (AvgIpc) is 3.02. The van der Waals surface area contributed by atoms with E-state index in [4.69, 9.17) is 9.47 Å². The Hall–Kier alpha value is -2.67. The van der Waals surface area contributed by atoms with Crippen LogP contribution in [0.15, 0.2) is 41.6 Å². The van der Waals surface area contributed by atoms with Crippen LogP contribution in [0.3, 0.4) is 0 Å². The number of methoxy groups -OCH3 is 2. The summed E-state index contributed by atoms with van der Waals surface area (Å²) in [5.74, 6) is 0.225. The minimum Gasteiger partial charge on any atom is -0.504 e. The van der Waals surface area contributed by atoms with E-state index in [1.54, 1.807) is 6.07 Å². The molecular formula is C17H16N2O4S. The highest BCUT2D eigenvalue weighted by atomic mass is 32.2. The number of thioether (sulfide) groups is 1. The number of ketones is 1. The van der Waals surface area contributed by atoms with Gasteiger partial charge in [-0.15, -0.1) is 0 Å². The van der Waals surface area contributed by atoms with Gasteiger partial charge in [0.1, 0.15) is 0 Å². The maximum Gasteiger partial charge on any atom is 0.203 e. The normalized spacial score (nSPS) is 10.8. The minimum atomic E-state index is -0.223. The SMILES string of the molecule is COc1ccc(C(=O)CSc2nc3ccccc3[nH]2)c(O)c1OC. The third-order valence-corrected chi connectivity index (χ3v) is 4.40. The molecule has 0 amide bonds. The van der Waals surface area contributed by atoms with Crippen molar-refractivity contribution in [2.75, 3.05) is 20.0 Å². The highest BCUT2D eigenvalue weighted by Crippen LogP contribution is 2.39. The van der Waals surface area contributed by atoms with Gasteiger partial charge in [0.15, 0.2) is 22.4 Å². The zero-order valence-electron chi connectivity index (χ0n) is 13.2. The molecule has 1 aromatic heterocycles. The van der Waals surface area contributed by atoms with E-state index in [1.165, 1.54) is 32.0 Å². The molecule has 1 heterocycles. The molecule has 0 aliphatic heterocycles. The summed E-state index contributed by atoms with van der Waals surface area (Å²) in [6, 6.07) is 10.8. The second-order valence-corrected chi connectivity index (χ2v) is 5.93. The van der Waals surface area contributed by atoms with Crippen LogP contribution < -0.4 is 9.47 Å². The van der Waals surface area contributed by atoms with Crippen molar-refractivity contribution in [3.63, 3.8) is 0 Å². The van der Waals surface area contributed by atoms with E-state index < -0.39 is 0 Å². The van der Waals surface area contributed by atoms with E-state index in [0.717, 1.165) is 11.0 Å². The molecule has 124 valence electrons. The number of carbonyl (C=O) groups excluding carboxylic acids is 1. The van der Waals surface area contributed by atoms with E-state index in [9.17, 15) is 9.90 Å². The first-order valence-corrected chi connectivity index (χ1v) is 8.17. The number of H-pyrrole nitrogens is 1. The zero-order valence-corrected chi connectivity index (χ0v) is 14.0. The number of ether oxygens (including phenoxy) is 2. The number of para-hydroxylation sites is 2. The Labute approximate surface area is 142 Å². The molecule has 0 saturated heterocycles. The smallest absolute Gasteiger partial charge is 0.203 e. The van der Waals surface area contributed by atoms with Crippen LogP contribution in [0.4, 0.5) is 0 Å². The molecule has 0 saturated carbocycles. The van der Waals surface area contributed by atoms with Crippen molar-refractivity contribution in [2.24, 2.45) is 0 Å². The summed E-state index contributed by atoms with van der Waals surface area (Å²) < 4.78 is 10.2. The predicted octanol–water partition coefficient (Wildman–Crippen LogP) is 3.26. The molecule has 24 heavy (non-hydrogen) atoms. The third-order valence-electron chi connectivity index (χ3n) is 3.53. The van der Waals surface area contributed by atoms with Gasteiger partial charge in [-0.2, -0.15) is 0 Å². The molecule has 0 atom stereocenters. The molecule has 0 fully saturated rings. The molecular weight excluding hydrogens is 328 g/mol. The Balaban J connectivity index is 1.77. The largest absolute Gasteiger partial charge is 0.504 e. The lowest BCUT2D eigenvalue weighted by atomic mass is 10.1. The van der Waals surface area contributed by atoms with Gasteiger partial charge in [-0.1, -0.05) is 23.9 Å². The summed E-state index contributed by atoms with van der Waals surface area (Å²) >= 11 is 1.28. The number of aromatic amines is 1. The van der Waals surface area contributed by atoms with Crippen molar-refractivity contribution in [3.8, 4) is 17.2 Å². The molecule has 3 rings (SSSR count). The van der Waals surface area contributed by atoms with Crippen molar-refractivity contribution in [1.29, 1.82) is 0 Å². The maximum absolute atomic E-state index is 12.4. The van der Waals surface area contributed by atoms with Crippen molar-refractivity contribution in [3.05, 3.63) is 42.0 Å². The Kier molecular flexibility index (Phi) is 4.61. The summed E-state index contributed by atoms with van der Waals surface area (Å²) in [5, 5.41) is 10.9. The average molecular weight is 344 g/mol. The number of nitrogens with one attached hydrogen (secondary N) is 1. The lowest BCUT2D eigenvalue weighted by Crippen LogP contribution is -2.04. The van der Waals surface area contributed by atoms with Crippen LogP contribution in [0.1, 0.15) is 10.4 Å². The zero-order chi connectivity index (χ0) is 17.1. The number of imidazole rings is 1. The number of Topliss-reactive ketones (excluding diaryl/α,β-unsaturated/α-hetero) is 1. The molecule has 0 unspecified atom stereocenters. The summed E-state index contributed by atoms with van der Waals surface area (Å²) in [5.41, 5.74) is 1.96. The first kappa shape index (κ1) is 16.2. The quantitative estimate of drug-likeness (QED) is 0.527. The van der Waals surface area contributed by atoms with Gasteiger partial charge in [-0.3, -0.25) is 4.79 Å². The fourth-order valence-electron chi connectivity index (χ4n) is 2.35. The molecule has 3 aromatic rings. The number of rotatable bonds is 6.